The molecule has 0 aromatic heterocycles. The molecule has 0 fully saturated rings. The van der Waals surface area contributed by atoms with E-state index in [1.165, 1.54) is 64.2 Å². The summed E-state index contributed by atoms with van der Waals surface area (Å²) in [5, 5.41) is 9.86. The predicted octanol–water partition coefficient (Wildman–Crippen LogP) is 6.29. The van der Waals surface area contributed by atoms with Crippen molar-refractivity contribution in [1.82, 2.24) is 0 Å². The Morgan fingerprint density at radius 2 is 1.24 bits per heavy atom. The van der Waals surface area contributed by atoms with Crippen LogP contribution < -0.4 is 0 Å². The minimum absolute atomic E-state index is 0.334. The van der Waals surface area contributed by atoms with E-state index < -0.39 is 7.80 Å². The number of aliphatic hydroxyl groups is 1. The molecular weight excluding hydrogens is 279 g/mol. The third-order valence-corrected chi connectivity index (χ3v) is 5.71. The summed E-state index contributed by atoms with van der Waals surface area (Å²) in [5.74, 6) is 0. The summed E-state index contributed by atoms with van der Waals surface area (Å²) in [6.45, 7) is 4.44. The van der Waals surface area contributed by atoms with Crippen molar-refractivity contribution in [1.29, 1.82) is 0 Å². The van der Waals surface area contributed by atoms with Crippen LogP contribution in [0.3, 0.4) is 0 Å². The van der Waals surface area contributed by atoms with Gasteiger partial charge in [-0.2, -0.15) is 0 Å². The molecule has 0 aliphatic heterocycles. The molecule has 0 aromatic carbocycles. The molecule has 0 amide bonds. The maximum Gasteiger partial charge on any atom is 0.341 e. The monoisotopic (exact) mass is 317 g/mol. The second kappa shape index (κ2) is 16.4. The first-order valence-corrected chi connectivity index (χ1v) is 10.9. The first-order chi connectivity index (χ1) is 10.2. The van der Waals surface area contributed by atoms with E-state index >= 15 is 0 Å². The molecular formula is C18H38O2P+. The number of unbranched alkanes of at least 4 members (excludes halogenated alkanes) is 10. The van der Waals surface area contributed by atoms with E-state index in [0.717, 1.165) is 25.4 Å². The molecule has 0 radical (unpaired) electrons. The molecule has 0 aromatic rings. The van der Waals surface area contributed by atoms with Crippen LogP contribution in [0.4, 0.5) is 0 Å². The Morgan fingerprint density at radius 1 is 0.762 bits per heavy atom. The van der Waals surface area contributed by atoms with Gasteiger partial charge in [0.15, 0.2) is 6.16 Å². The average Bonchev–Trinajstić information content (AvgIpc) is 2.46. The zero-order valence-electron chi connectivity index (χ0n) is 14.5. The van der Waals surface area contributed by atoms with E-state index in [2.05, 4.69) is 13.8 Å². The van der Waals surface area contributed by atoms with E-state index in [-0.39, 0.29) is 6.10 Å². The van der Waals surface area contributed by atoms with Crippen LogP contribution >= 0.6 is 7.80 Å². The van der Waals surface area contributed by atoms with Gasteiger partial charge >= 0.3 is 7.80 Å². The zero-order valence-corrected chi connectivity index (χ0v) is 15.4. The smallest absolute Gasteiger partial charge is 0.341 e. The van der Waals surface area contributed by atoms with Crippen molar-refractivity contribution in [3.8, 4) is 0 Å². The van der Waals surface area contributed by atoms with E-state index in [1.807, 2.05) is 0 Å². The highest BCUT2D eigenvalue weighted by atomic mass is 31.1. The molecule has 21 heavy (non-hydrogen) atoms. The Morgan fingerprint density at radius 3 is 1.81 bits per heavy atom. The fraction of sp³-hybridized carbons (Fsp3) is 1.00. The third kappa shape index (κ3) is 16.3. The summed E-state index contributed by atoms with van der Waals surface area (Å²) in [7, 11) is -1.17. The Labute approximate surface area is 133 Å². The largest absolute Gasteiger partial charge is 0.389 e. The molecule has 0 spiro atoms. The number of hydrogen-bond donors (Lipinski definition) is 1. The Kier molecular flexibility index (Phi) is 16.5. The van der Waals surface area contributed by atoms with Crippen molar-refractivity contribution in [3.05, 3.63) is 0 Å². The molecule has 0 saturated carbocycles. The zero-order chi connectivity index (χ0) is 15.8. The van der Waals surface area contributed by atoms with E-state index in [0.29, 0.717) is 6.16 Å². The number of aliphatic hydroxyl groups excluding tert-OH is 1. The second-order valence-electron chi connectivity index (χ2n) is 6.37. The van der Waals surface area contributed by atoms with Crippen molar-refractivity contribution in [2.45, 2.75) is 103 Å². The minimum atomic E-state index is -1.17. The number of rotatable bonds is 16. The molecule has 0 heterocycles. The molecule has 0 aliphatic rings. The highest BCUT2D eigenvalue weighted by Gasteiger charge is 2.20. The summed E-state index contributed by atoms with van der Waals surface area (Å²) in [5.41, 5.74) is 0. The van der Waals surface area contributed by atoms with E-state index in [9.17, 15) is 9.67 Å². The van der Waals surface area contributed by atoms with Gasteiger partial charge in [-0.1, -0.05) is 82.6 Å². The first kappa shape index (κ1) is 21.1. The highest BCUT2D eigenvalue weighted by Crippen LogP contribution is 2.25. The van der Waals surface area contributed by atoms with E-state index in [1.54, 1.807) is 0 Å². The van der Waals surface area contributed by atoms with Gasteiger partial charge in [0, 0.05) is 0 Å². The number of hydrogen-bond acceptors (Lipinski definition) is 2. The summed E-state index contributed by atoms with van der Waals surface area (Å²) in [4.78, 5) is 0. The van der Waals surface area contributed by atoms with Gasteiger partial charge in [-0.15, -0.1) is 0 Å². The second-order valence-corrected chi connectivity index (χ2v) is 8.14. The fourth-order valence-corrected chi connectivity index (χ4v) is 4.06. The van der Waals surface area contributed by atoms with Crippen LogP contribution in [0.25, 0.3) is 0 Å². The lowest BCUT2D eigenvalue weighted by molar-refractivity contribution is 0.183. The average molecular weight is 317 g/mol. The van der Waals surface area contributed by atoms with Crippen LogP contribution in [-0.2, 0) is 4.57 Å². The predicted molar refractivity (Wildman–Crippen MR) is 94.7 cm³/mol. The van der Waals surface area contributed by atoms with Gasteiger partial charge in [-0.05, 0) is 19.3 Å². The van der Waals surface area contributed by atoms with Crippen molar-refractivity contribution < 1.29 is 9.67 Å². The third-order valence-electron chi connectivity index (χ3n) is 4.07. The first-order valence-electron chi connectivity index (χ1n) is 9.30. The van der Waals surface area contributed by atoms with Crippen LogP contribution in [0, 0.1) is 0 Å². The highest BCUT2D eigenvalue weighted by molar-refractivity contribution is 7.44. The molecule has 0 rings (SSSR count). The molecule has 3 heteroatoms. The Bertz CT molecular complexity index is 231. The standard InChI is InChI=1S/C18H38O2P/c1-3-5-7-9-10-11-12-14-16-21(20)17-18(19)15-13-8-6-4-2/h18-19H,3-17H2,1-2H3/q+1. The molecule has 0 saturated heterocycles. The van der Waals surface area contributed by atoms with Crippen molar-refractivity contribution in [2.24, 2.45) is 0 Å². The van der Waals surface area contributed by atoms with Gasteiger partial charge in [0.05, 0.1) is 6.10 Å². The van der Waals surface area contributed by atoms with Crippen LogP contribution in [0.2, 0.25) is 0 Å². The lowest BCUT2D eigenvalue weighted by atomic mass is 10.1. The van der Waals surface area contributed by atoms with Gasteiger partial charge in [0.2, 0.25) is 0 Å². The molecule has 1 N–H and O–H groups in total. The topological polar surface area (TPSA) is 37.3 Å². The maximum absolute atomic E-state index is 11.9. The molecule has 126 valence electrons. The van der Waals surface area contributed by atoms with Gasteiger partial charge in [-0.25, -0.2) is 0 Å². The van der Waals surface area contributed by atoms with Crippen LogP contribution in [0.15, 0.2) is 0 Å². The van der Waals surface area contributed by atoms with Gasteiger partial charge in [0.25, 0.3) is 0 Å². The molecule has 2 atom stereocenters. The lowest BCUT2D eigenvalue weighted by Crippen LogP contribution is -2.10. The van der Waals surface area contributed by atoms with Crippen molar-refractivity contribution in [2.75, 3.05) is 12.3 Å². The fourth-order valence-electron chi connectivity index (χ4n) is 2.65. The molecule has 2 unspecified atom stereocenters. The van der Waals surface area contributed by atoms with Crippen molar-refractivity contribution >= 4 is 7.80 Å². The van der Waals surface area contributed by atoms with E-state index in [4.69, 9.17) is 0 Å². The molecule has 0 bridgehead atoms. The lowest BCUT2D eigenvalue weighted by Gasteiger charge is -2.04. The van der Waals surface area contributed by atoms with Crippen LogP contribution in [0.5, 0.6) is 0 Å². The molecule has 2 nitrogen and oxygen atoms in total. The van der Waals surface area contributed by atoms with Gasteiger partial charge in [-0.3, -0.25) is 0 Å². The van der Waals surface area contributed by atoms with Gasteiger partial charge < -0.3 is 5.11 Å². The van der Waals surface area contributed by atoms with Crippen molar-refractivity contribution in [3.63, 3.8) is 0 Å². The summed E-state index contributed by atoms with van der Waals surface area (Å²) in [6.07, 6.45) is 16.9. The SMILES string of the molecule is CCCCCCCCCC[P+](=O)CC(O)CCCCCC. The summed E-state index contributed by atoms with van der Waals surface area (Å²) >= 11 is 0. The Hall–Kier alpha value is 0.0600. The normalized spacial score (nSPS) is 13.4. The maximum atomic E-state index is 11.9. The minimum Gasteiger partial charge on any atom is -0.389 e. The van der Waals surface area contributed by atoms with Crippen LogP contribution in [0.1, 0.15) is 97.3 Å². The summed E-state index contributed by atoms with van der Waals surface area (Å²) in [6, 6.07) is 0. The Balaban J connectivity index is 3.32. The molecule has 0 aliphatic carbocycles. The van der Waals surface area contributed by atoms with Crippen LogP contribution in [-0.4, -0.2) is 23.5 Å². The quantitative estimate of drug-likeness (QED) is 0.268. The summed E-state index contributed by atoms with van der Waals surface area (Å²) < 4.78 is 11.9. The van der Waals surface area contributed by atoms with Gasteiger partial charge in [0.1, 0.15) is 6.16 Å².